The fourth-order valence-electron chi connectivity index (χ4n) is 1.87. The topological polar surface area (TPSA) is 46.2 Å². The number of benzene rings is 2. The molecule has 0 aromatic heterocycles. The number of carbonyl (C=O) groups is 2. The molecule has 4 heteroatoms. The van der Waals surface area contributed by atoms with Crippen LogP contribution in [0.15, 0.2) is 46.9 Å². The third kappa shape index (κ3) is 3.33. The number of amides is 1. The van der Waals surface area contributed by atoms with Crippen molar-refractivity contribution in [3.63, 3.8) is 0 Å². The van der Waals surface area contributed by atoms with E-state index >= 15 is 0 Å². The first-order chi connectivity index (χ1) is 9.47. The number of hydrogen-bond acceptors (Lipinski definition) is 2. The molecule has 0 saturated carbocycles. The van der Waals surface area contributed by atoms with E-state index in [4.69, 9.17) is 0 Å². The largest absolute Gasteiger partial charge is 0.326 e. The molecule has 0 bridgehead atoms. The van der Waals surface area contributed by atoms with Gasteiger partial charge in [-0.1, -0.05) is 22.0 Å². The number of ketones is 1. The highest BCUT2D eigenvalue weighted by atomic mass is 79.9. The van der Waals surface area contributed by atoms with Crippen LogP contribution in [0.5, 0.6) is 0 Å². The molecule has 0 unspecified atom stereocenters. The Morgan fingerprint density at radius 2 is 1.70 bits per heavy atom. The van der Waals surface area contributed by atoms with Crippen molar-refractivity contribution in [2.45, 2.75) is 13.8 Å². The summed E-state index contributed by atoms with van der Waals surface area (Å²) in [6.45, 7) is 3.42. The van der Waals surface area contributed by atoms with Crippen molar-refractivity contribution < 1.29 is 9.59 Å². The summed E-state index contributed by atoms with van der Waals surface area (Å²) in [6, 6.07) is 12.5. The summed E-state index contributed by atoms with van der Waals surface area (Å²) in [5.41, 5.74) is 2.98. The molecule has 1 N–H and O–H groups in total. The molecule has 0 aliphatic rings. The third-order valence-electron chi connectivity index (χ3n) is 2.84. The molecule has 20 heavy (non-hydrogen) atoms. The average molecular weight is 332 g/mol. The van der Waals surface area contributed by atoms with E-state index in [1.807, 2.05) is 25.1 Å². The molecule has 2 aromatic carbocycles. The molecule has 2 rings (SSSR count). The van der Waals surface area contributed by atoms with Crippen molar-refractivity contribution in [2.24, 2.45) is 0 Å². The van der Waals surface area contributed by atoms with E-state index in [0.29, 0.717) is 16.8 Å². The van der Waals surface area contributed by atoms with E-state index in [1.165, 1.54) is 6.92 Å². The van der Waals surface area contributed by atoms with E-state index in [9.17, 15) is 9.59 Å². The van der Waals surface area contributed by atoms with Crippen molar-refractivity contribution in [3.8, 4) is 0 Å². The van der Waals surface area contributed by atoms with Crippen molar-refractivity contribution in [3.05, 3.63) is 63.6 Å². The normalized spacial score (nSPS) is 10.2. The second-order valence-corrected chi connectivity index (χ2v) is 5.43. The van der Waals surface area contributed by atoms with Crippen molar-refractivity contribution >= 4 is 33.3 Å². The van der Waals surface area contributed by atoms with E-state index < -0.39 is 0 Å². The predicted octanol–water partition coefficient (Wildman–Crippen LogP) is 3.95. The summed E-state index contributed by atoms with van der Waals surface area (Å²) in [7, 11) is 0. The van der Waals surface area contributed by atoms with Crippen molar-refractivity contribution in [1.82, 2.24) is 0 Å². The van der Waals surface area contributed by atoms with Crippen LogP contribution in [0.1, 0.15) is 28.4 Å². The number of anilines is 1. The van der Waals surface area contributed by atoms with Gasteiger partial charge in [0.15, 0.2) is 5.78 Å². The number of rotatable bonds is 3. The highest BCUT2D eigenvalue weighted by molar-refractivity contribution is 9.10. The zero-order valence-corrected chi connectivity index (χ0v) is 12.8. The number of carbonyl (C=O) groups excluding carboxylic acids is 2. The zero-order valence-electron chi connectivity index (χ0n) is 11.2. The van der Waals surface area contributed by atoms with Gasteiger partial charge in [-0.3, -0.25) is 9.59 Å². The van der Waals surface area contributed by atoms with Gasteiger partial charge in [-0.2, -0.15) is 0 Å². The lowest BCUT2D eigenvalue weighted by atomic mass is 10.0. The molecule has 1 amide bonds. The van der Waals surface area contributed by atoms with Crippen LogP contribution in [-0.2, 0) is 4.79 Å². The van der Waals surface area contributed by atoms with Gasteiger partial charge < -0.3 is 5.32 Å². The average Bonchev–Trinajstić information content (AvgIpc) is 2.38. The Morgan fingerprint density at radius 1 is 1.05 bits per heavy atom. The molecule has 0 fully saturated rings. The first-order valence-corrected chi connectivity index (χ1v) is 6.95. The van der Waals surface area contributed by atoms with Crippen LogP contribution >= 0.6 is 15.9 Å². The smallest absolute Gasteiger partial charge is 0.221 e. The van der Waals surface area contributed by atoms with Gasteiger partial charge in [0.05, 0.1) is 0 Å². The van der Waals surface area contributed by atoms with Gasteiger partial charge in [0.25, 0.3) is 0 Å². The molecule has 0 radical (unpaired) electrons. The first kappa shape index (κ1) is 14.5. The maximum atomic E-state index is 12.4. The maximum Gasteiger partial charge on any atom is 0.221 e. The Kier molecular flexibility index (Phi) is 4.35. The summed E-state index contributed by atoms with van der Waals surface area (Å²) < 4.78 is 0.786. The molecule has 0 atom stereocenters. The Bertz CT molecular complexity index is 663. The van der Waals surface area contributed by atoms with Gasteiger partial charge in [-0.05, 0) is 48.9 Å². The second-order valence-electron chi connectivity index (χ2n) is 4.57. The minimum Gasteiger partial charge on any atom is -0.326 e. The SMILES string of the molecule is CC(=O)Nc1ccc(C(=O)c2ccc(C)cc2Br)cc1. The van der Waals surface area contributed by atoms with Gasteiger partial charge in [0.1, 0.15) is 0 Å². The lowest BCUT2D eigenvalue weighted by molar-refractivity contribution is -0.114. The molecular weight excluding hydrogens is 318 g/mol. The van der Waals surface area contributed by atoms with E-state index in [-0.39, 0.29) is 11.7 Å². The maximum absolute atomic E-state index is 12.4. The molecule has 0 spiro atoms. The van der Waals surface area contributed by atoms with Gasteiger partial charge in [0.2, 0.25) is 5.91 Å². The summed E-state index contributed by atoms with van der Waals surface area (Å²) in [6.07, 6.45) is 0. The summed E-state index contributed by atoms with van der Waals surface area (Å²) in [4.78, 5) is 23.3. The number of hydrogen-bond donors (Lipinski definition) is 1. The number of nitrogens with one attached hydrogen (secondary N) is 1. The Morgan fingerprint density at radius 3 is 2.25 bits per heavy atom. The lowest BCUT2D eigenvalue weighted by Crippen LogP contribution is -2.07. The van der Waals surface area contributed by atoms with Crippen LogP contribution in [0.3, 0.4) is 0 Å². The van der Waals surface area contributed by atoms with E-state index in [2.05, 4.69) is 21.2 Å². The molecule has 0 aliphatic heterocycles. The van der Waals surface area contributed by atoms with Crippen LogP contribution in [0, 0.1) is 6.92 Å². The quantitative estimate of drug-likeness (QED) is 0.865. The standard InChI is InChI=1S/C16H14BrNO2/c1-10-3-8-14(15(17)9-10)16(20)12-4-6-13(7-5-12)18-11(2)19/h3-9H,1-2H3,(H,18,19). The number of aryl methyl sites for hydroxylation is 1. The molecular formula is C16H14BrNO2. The van der Waals surface area contributed by atoms with Crippen LogP contribution in [0.2, 0.25) is 0 Å². The lowest BCUT2D eigenvalue weighted by Gasteiger charge is -2.06. The zero-order chi connectivity index (χ0) is 14.7. The fraction of sp³-hybridized carbons (Fsp3) is 0.125. The third-order valence-corrected chi connectivity index (χ3v) is 3.49. The van der Waals surface area contributed by atoms with Crippen LogP contribution in [0.25, 0.3) is 0 Å². The summed E-state index contributed by atoms with van der Waals surface area (Å²) in [5.74, 6) is -0.184. The highest BCUT2D eigenvalue weighted by Crippen LogP contribution is 2.22. The highest BCUT2D eigenvalue weighted by Gasteiger charge is 2.12. The number of halogens is 1. The summed E-state index contributed by atoms with van der Waals surface area (Å²) >= 11 is 3.41. The Labute approximate surface area is 126 Å². The van der Waals surface area contributed by atoms with Crippen molar-refractivity contribution in [1.29, 1.82) is 0 Å². The minimum atomic E-state index is -0.134. The molecule has 0 saturated heterocycles. The minimum absolute atomic E-state index is 0.0498. The van der Waals surface area contributed by atoms with Gasteiger partial charge in [-0.15, -0.1) is 0 Å². The van der Waals surface area contributed by atoms with Gasteiger partial charge >= 0.3 is 0 Å². The van der Waals surface area contributed by atoms with E-state index in [0.717, 1.165) is 10.0 Å². The molecule has 0 aliphatic carbocycles. The Balaban J connectivity index is 2.27. The second kappa shape index (κ2) is 6.01. The molecule has 102 valence electrons. The first-order valence-electron chi connectivity index (χ1n) is 6.16. The van der Waals surface area contributed by atoms with Gasteiger partial charge in [-0.25, -0.2) is 0 Å². The van der Waals surface area contributed by atoms with Crippen LogP contribution < -0.4 is 5.32 Å². The van der Waals surface area contributed by atoms with Gasteiger partial charge in [0, 0.05) is 28.2 Å². The molecule has 3 nitrogen and oxygen atoms in total. The van der Waals surface area contributed by atoms with E-state index in [1.54, 1.807) is 24.3 Å². The fourth-order valence-corrected chi connectivity index (χ4v) is 2.54. The van der Waals surface area contributed by atoms with Crippen molar-refractivity contribution in [2.75, 3.05) is 5.32 Å². The monoisotopic (exact) mass is 331 g/mol. The van der Waals surface area contributed by atoms with Crippen LogP contribution in [-0.4, -0.2) is 11.7 Å². The summed E-state index contributed by atoms with van der Waals surface area (Å²) in [5, 5.41) is 2.67. The molecule has 2 aromatic rings. The molecule has 0 heterocycles. The van der Waals surface area contributed by atoms with Crippen LogP contribution in [0.4, 0.5) is 5.69 Å². The predicted molar refractivity (Wildman–Crippen MR) is 83.1 cm³/mol. The Hall–Kier alpha value is -1.94.